The van der Waals surface area contributed by atoms with Gasteiger partial charge in [-0.05, 0) is 43.9 Å². The van der Waals surface area contributed by atoms with Gasteiger partial charge in [0.05, 0.1) is 5.41 Å². The third-order valence-electron chi connectivity index (χ3n) is 6.32. The molecule has 132 valence electrons. The van der Waals surface area contributed by atoms with E-state index in [1.54, 1.807) is 0 Å². The fourth-order valence-corrected chi connectivity index (χ4v) is 5.10. The van der Waals surface area contributed by atoms with Crippen LogP contribution in [0.5, 0.6) is 0 Å². The Kier molecular flexibility index (Phi) is 6.91. The average molecular weight is 324 g/mol. The van der Waals surface area contributed by atoms with Crippen molar-refractivity contribution in [3.8, 4) is 0 Å². The van der Waals surface area contributed by atoms with Gasteiger partial charge in [-0.1, -0.05) is 51.4 Å². The Labute approximate surface area is 139 Å². The number of hydrogen-bond donors (Lipinski definition) is 2. The van der Waals surface area contributed by atoms with E-state index in [1.165, 1.54) is 25.7 Å². The lowest BCUT2D eigenvalue weighted by Gasteiger charge is -2.43. The zero-order valence-electron chi connectivity index (χ0n) is 14.3. The van der Waals surface area contributed by atoms with Gasteiger partial charge in [0.1, 0.15) is 0 Å². The first-order chi connectivity index (χ1) is 11.1. The lowest BCUT2D eigenvalue weighted by atomic mass is 9.59. The van der Waals surface area contributed by atoms with Crippen LogP contribution in [0, 0.1) is 17.3 Å². The second kappa shape index (κ2) is 8.70. The Bertz CT molecular complexity index is 368. The van der Waals surface area contributed by atoms with Gasteiger partial charge < -0.3 is 10.2 Å². The van der Waals surface area contributed by atoms with E-state index >= 15 is 0 Å². The Morgan fingerprint density at radius 2 is 1.13 bits per heavy atom. The predicted molar refractivity (Wildman–Crippen MR) is 89.3 cm³/mol. The number of aliphatic carboxylic acids is 2. The van der Waals surface area contributed by atoms with E-state index < -0.39 is 17.4 Å². The van der Waals surface area contributed by atoms with Crippen molar-refractivity contribution in [1.29, 1.82) is 0 Å². The molecule has 0 unspecified atom stereocenters. The highest BCUT2D eigenvalue weighted by Crippen LogP contribution is 2.51. The summed E-state index contributed by atoms with van der Waals surface area (Å²) in [5.41, 5.74) is -0.812. The standard InChI is InChI=1S/C19H32O4/c20-17(21)13-14-19(18(22)23,15-9-5-1-2-6-10-15)16-11-7-3-4-8-12-16/h15-16H,1-14H2,(H,20,21)(H,22,23). The average Bonchev–Trinajstić information content (AvgIpc) is 2.92. The van der Waals surface area contributed by atoms with Crippen LogP contribution < -0.4 is 0 Å². The monoisotopic (exact) mass is 324 g/mol. The van der Waals surface area contributed by atoms with Crippen molar-refractivity contribution in [1.82, 2.24) is 0 Å². The Hall–Kier alpha value is -1.06. The zero-order valence-corrected chi connectivity index (χ0v) is 14.3. The molecule has 0 aromatic heterocycles. The maximum absolute atomic E-state index is 12.5. The summed E-state index contributed by atoms with van der Waals surface area (Å²) in [5.74, 6) is -1.27. The van der Waals surface area contributed by atoms with Crippen molar-refractivity contribution in [2.24, 2.45) is 17.3 Å². The number of rotatable bonds is 6. The van der Waals surface area contributed by atoms with Crippen LogP contribution in [0.1, 0.15) is 89.9 Å². The highest BCUT2D eigenvalue weighted by Gasteiger charge is 2.50. The van der Waals surface area contributed by atoms with Gasteiger partial charge in [0.25, 0.3) is 0 Å². The first kappa shape index (κ1) is 18.3. The predicted octanol–water partition coefficient (Wildman–Crippen LogP) is 4.86. The Balaban J connectivity index is 2.31. The van der Waals surface area contributed by atoms with Gasteiger partial charge >= 0.3 is 11.9 Å². The zero-order chi connectivity index (χ0) is 16.7. The first-order valence-corrected chi connectivity index (χ1v) is 9.52. The highest BCUT2D eigenvalue weighted by atomic mass is 16.4. The maximum atomic E-state index is 12.5. The molecule has 0 aliphatic heterocycles. The minimum atomic E-state index is -0.863. The Morgan fingerprint density at radius 3 is 1.43 bits per heavy atom. The molecule has 4 nitrogen and oxygen atoms in total. The third-order valence-corrected chi connectivity index (χ3v) is 6.32. The molecular weight excluding hydrogens is 292 g/mol. The van der Waals surface area contributed by atoms with E-state index in [9.17, 15) is 19.8 Å². The van der Waals surface area contributed by atoms with Gasteiger partial charge in [-0.15, -0.1) is 0 Å². The fourth-order valence-electron chi connectivity index (χ4n) is 5.10. The molecule has 0 heterocycles. The molecule has 0 radical (unpaired) electrons. The summed E-state index contributed by atoms with van der Waals surface area (Å²) in [6.07, 6.45) is 13.3. The van der Waals surface area contributed by atoms with Crippen molar-refractivity contribution < 1.29 is 19.8 Å². The Morgan fingerprint density at radius 1 is 0.739 bits per heavy atom. The summed E-state index contributed by atoms with van der Waals surface area (Å²) in [6.45, 7) is 0. The summed E-state index contributed by atoms with van der Waals surface area (Å²) in [4.78, 5) is 23.6. The second-order valence-electron chi connectivity index (χ2n) is 7.62. The molecule has 2 aliphatic rings. The van der Waals surface area contributed by atoms with E-state index in [1.807, 2.05) is 0 Å². The third kappa shape index (κ3) is 4.48. The normalized spacial score (nSPS) is 22.3. The van der Waals surface area contributed by atoms with Crippen LogP contribution in [0.15, 0.2) is 0 Å². The number of carbonyl (C=O) groups is 2. The van der Waals surface area contributed by atoms with Crippen LogP contribution in [0.3, 0.4) is 0 Å². The molecule has 0 atom stereocenters. The van der Waals surface area contributed by atoms with Crippen molar-refractivity contribution in [3.05, 3.63) is 0 Å². The van der Waals surface area contributed by atoms with E-state index in [2.05, 4.69) is 0 Å². The van der Waals surface area contributed by atoms with E-state index in [0.717, 1.165) is 51.4 Å². The van der Waals surface area contributed by atoms with Gasteiger partial charge in [-0.2, -0.15) is 0 Å². The highest BCUT2D eigenvalue weighted by molar-refractivity contribution is 5.77. The molecule has 2 saturated carbocycles. The van der Waals surface area contributed by atoms with Gasteiger partial charge in [-0.3, -0.25) is 9.59 Å². The van der Waals surface area contributed by atoms with Gasteiger partial charge in [-0.25, -0.2) is 0 Å². The SMILES string of the molecule is O=C(O)CCC(C(=O)O)(C1CCCCCC1)C1CCCCCC1. The topological polar surface area (TPSA) is 74.6 Å². The first-order valence-electron chi connectivity index (χ1n) is 9.52. The number of carboxylic acid groups (broad SMARTS) is 2. The summed E-state index contributed by atoms with van der Waals surface area (Å²) >= 11 is 0. The second-order valence-corrected chi connectivity index (χ2v) is 7.62. The molecule has 0 aromatic rings. The van der Waals surface area contributed by atoms with Crippen LogP contribution in [0.2, 0.25) is 0 Å². The van der Waals surface area contributed by atoms with Gasteiger partial charge in [0.2, 0.25) is 0 Å². The van der Waals surface area contributed by atoms with Gasteiger partial charge in [0, 0.05) is 6.42 Å². The quantitative estimate of drug-likeness (QED) is 0.684. The maximum Gasteiger partial charge on any atom is 0.310 e. The molecule has 0 spiro atoms. The van der Waals surface area contributed by atoms with E-state index in [0.29, 0.717) is 6.42 Å². The molecule has 0 bridgehead atoms. The fraction of sp³-hybridized carbons (Fsp3) is 0.895. The van der Waals surface area contributed by atoms with Gasteiger partial charge in [0.15, 0.2) is 0 Å². The lowest BCUT2D eigenvalue weighted by Crippen LogP contribution is -2.45. The largest absolute Gasteiger partial charge is 0.481 e. The van der Waals surface area contributed by atoms with Crippen LogP contribution in [0.25, 0.3) is 0 Å². The molecule has 23 heavy (non-hydrogen) atoms. The number of carboxylic acids is 2. The smallest absolute Gasteiger partial charge is 0.310 e. The van der Waals surface area contributed by atoms with Crippen molar-refractivity contribution in [3.63, 3.8) is 0 Å². The molecule has 4 heteroatoms. The minimum Gasteiger partial charge on any atom is -0.481 e. The molecule has 2 N–H and O–H groups in total. The summed E-state index contributed by atoms with van der Waals surface area (Å²) < 4.78 is 0. The van der Waals surface area contributed by atoms with Crippen molar-refractivity contribution in [2.75, 3.05) is 0 Å². The van der Waals surface area contributed by atoms with E-state index in [-0.39, 0.29) is 18.3 Å². The molecule has 0 aromatic carbocycles. The lowest BCUT2D eigenvalue weighted by molar-refractivity contribution is -0.161. The number of hydrogen-bond acceptors (Lipinski definition) is 2. The van der Waals surface area contributed by atoms with Crippen LogP contribution in [0.4, 0.5) is 0 Å². The molecule has 0 amide bonds. The van der Waals surface area contributed by atoms with Crippen LogP contribution >= 0.6 is 0 Å². The molecule has 2 rings (SSSR count). The molecule has 2 fully saturated rings. The minimum absolute atomic E-state index is 0.0146. The van der Waals surface area contributed by atoms with Crippen molar-refractivity contribution >= 4 is 11.9 Å². The summed E-state index contributed by atoms with van der Waals surface area (Å²) in [6, 6.07) is 0. The molecular formula is C19H32O4. The molecule has 2 aliphatic carbocycles. The van der Waals surface area contributed by atoms with Crippen LogP contribution in [-0.4, -0.2) is 22.2 Å². The van der Waals surface area contributed by atoms with Crippen molar-refractivity contribution in [2.45, 2.75) is 89.9 Å². The summed E-state index contributed by atoms with van der Waals surface area (Å²) in [5, 5.41) is 19.4. The molecule has 0 saturated heterocycles. The van der Waals surface area contributed by atoms with Crippen LogP contribution in [-0.2, 0) is 9.59 Å². The van der Waals surface area contributed by atoms with E-state index in [4.69, 9.17) is 0 Å². The summed E-state index contributed by atoms with van der Waals surface area (Å²) in [7, 11) is 0.